The van der Waals surface area contributed by atoms with Gasteiger partial charge < -0.3 is 20.1 Å². The maximum atomic E-state index is 12.9. The Hall–Kier alpha value is -4.72. The molecular weight excluding hydrogens is 573 g/mol. The van der Waals surface area contributed by atoms with Crippen LogP contribution in [-0.4, -0.2) is 69.2 Å². The van der Waals surface area contributed by atoms with Gasteiger partial charge >= 0.3 is 12.1 Å². The van der Waals surface area contributed by atoms with Gasteiger partial charge in [0.15, 0.2) is 0 Å². The van der Waals surface area contributed by atoms with Crippen molar-refractivity contribution in [2.45, 2.75) is 39.6 Å². The molecule has 3 amide bonds. The Morgan fingerprint density at radius 3 is 2.28 bits per heavy atom. The van der Waals surface area contributed by atoms with Crippen molar-refractivity contribution < 1.29 is 47.4 Å². The molecule has 0 bridgehead atoms. The number of halogens is 3. The lowest BCUT2D eigenvalue weighted by molar-refractivity contribution is -0.192. The first kappa shape index (κ1) is 32.8. The number of aromatic nitrogens is 1. The fourth-order valence-corrected chi connectivity index (χ4v) is 4.47. The van der Waals surface area contributed by atoms with E-state index in [9.17, 15) is 27.6 Å². The Balaban J connectivity index is 0.000000646. The van der Waals surface area contributed by atoms with Gasteiger partial charge in [-0.25, -0.2) is 10.3 Å². The highest BCUT2D eigenvalue weighted by Gasteiger charge is 2.41. The van der Waals surface area contributed by atoms with E-state index in [-0.39, 0.29) is 30.8 Å². The number of para-hydroxylation sites is 1. The second kappa shape index (κ2) is 14.0. The first-order valence-corrected chi connectivity index (χ1v) is 13.1. The molecule has 0 spiro atoms. The predicted molar refractivity (Wildman–Crippen MR) is 147 cm³/mol. The molecule has 14 heteroatoms. The van der Waals surface area contributed by atoms with E-state index in [1.807, 2.05) is 37.3 Å². The monoisotopic (exact) mass is 604 g/mol. The number of aryl methyl sites for hydroxylation is 1. The maximum absolute atomic E-state index is 12.9. The number of nitrogens with one attached hydrogen (secondary N) is 2. The van der Waals surface area contributed by atoms with Crippen LogP contribution in [0.2, 0.25) is 0 Å². The lowest BCUT2D eigenvalue weighted by atomic mass is 10.0. The lowest BCUT2D eigenvalue weighted by Gasteiger charge is -2.19. The largest absolute Gasteiger partial charge is 0.490 e. The number of rotatable bonds is 7. The first-order chi connectivity index (χ1) is 20.2. The van der Waals surface area contributed by atoms with Crippen molar-refractivity contribution in [2.24, 2.45) is 11.8 Å². The minimum Gasteiger partial charge on any atom is -0.489 e. The smallest absolute Gasteiger partial charge is 0.489 e. The summed E-state index contributed by atoms with van der Waals surface area (Å²) in [4.78, 5) is 52.4. The lowest BCUT2D eigenvalue weighted by Crippen LogP contribution is -2.45. The Morgan fingerprint density at radius 1 is 1.07 bits per heavy atom. The van der Waals surface area contributed by atoms with Crippen LogP contribution >= 0.6 is 0 Å². The van der Waals surface area contributed by atoms with Gasteiger partial charge in [0.2, 0.25) is 11.8 Å². The predicted octanol–water partition coefficient (Wildman–Crippen LogP) is 3.47. The Kier molecular flexibility index (Phi) is 10.6. The minimum atomic E-state index is -5.08. The standard InChI is InChI=1S/C27H30N4O5.C2HF3O2/c1-16(2)27(34)31-13-22(26(33)30-35)24(14-31)29-25(32)18-8-10-20(11-9-18)36-15-19-12-17(3)28-23-7-5-4-6-21(19)23;3-2(4,5)1(6)7/h4-12,16,22,24,35H,13-15H2,1-3H3,(H,29,32)(H,30,33);(H,6,7)/t22-,24+;/m0./s1. The van der Waals surface area contributed by atoms with Gasteiger partial charge in [0.05, 0.1) is 17.5 Å². The molecule has 3 aromatic rings. The van der Waals surface area contributed by atoms with E-state index < -0.39 is 30.0 Å². The number of hydrogen-bond acceptors (Lipinski definition) is 7. The zero-order valence-electron chi connectivity index (χ0n) is 23.5. The zero-order valence-corrected chi connectivity index (χ0v) is 23.5. The molecule has 2 atom stereocenters. The van der Waals surface area contributed by atoms with Crippen molar-refractivity contribution in [2.75, 3.05) is 13.1 Å². The number of hydrogen-bond donors (Lipinski definition) is 4. The van der Waals surface area contributed by atoms with Gasteiger partial charge in [-0.3, -0.25) is 24.6 Å². The van der Waals surface area contributed by atoms with Crippen molar-refractivity contribution >= 4 is 34.6 Å². The van der Waals surface area contributed by atoms with Crippen molar-refractivity contribution in [3.8, 4) is 5.75 Å². The molecule has 0 saturated carbocycles. The highest BCUT2D eigenvalue weighted by atomic mass is 19.4. The van der Waals surface area contributed by atoms with Crippen LogP contribution in [0.15, 0.2) is 54.6 Å². The van der Waals surface area contributed by atoms with Crippen LogP contribution in [0.3, 0.4) is 0 Å². The van der Waals surface area contributed by atoms with Crippen LogP contribution in [0.1, 0.15) is 35.5 Å². The number of amides is 3. The number of aliphatic carboxylic acids is 1. The van der Waals surface area contributed by atoms with Gasteiger partial charge in [-0.1, -0.05) is 32.0 Å². The molecule has 2 heterocycles. The maximum Gasteiger partial charge on any atom is 0.490 e. The van der Waals surface area contributed by atoms with Crippen LogP contribution in [-0.2, 0) is 21.0 Å². The van der Waals surface area contributed by atoms with E-state index in [0.29, 0.717) is 17.9 Å². The molecule has 11 nitrogen and oxygen atoms in total. The van der Waals surface area contributed by atoms with Crippen molar-refractivity contribution in [3.05, 3.63) is 71.4 Å². The quantitative estimate of drug-likeness (QED) is 0.236. The highest BCUT2D eigenvalue weighted by molar-refractivity contribution is 5.95. The fourth-order valence-electron chi connectivity index (χ4n) is 4.47. The number of carbonyl (C=O) groups excluding carboxylic acids is 3. The number of carboxylic acids is 1. The average Bonchev–Trinajstić information content (AvgIpc) is 3.38. The molecule has 1 saturated heterocycles. The molecule has 0 aliphatic carbocycles. The molecule has 2 aromatic carbocycles. The molecule has 4 rings (SSSR count). The number of benzene rings is 2. The molecule has 1 aliphatic rings. The second-order valence-corrected chi connectivity index (χ2v) is 10.1. The van der Waals surface area contributed by atoms with E-state index in [2.05, 4.69) is 10.3 Å². The summed E-state index contributed by atoms with van der Waals surface area (Å²) >= 11 is 0. The number of hydroxylamine groups is 1. The summed E-state index contributed by atoms with van der Waals surface area (Å²) < 4.78 is 37.7. The molecule has 230 valence electrons. The van der Waals surface area contributed by atoms with Crippen molar-refractivity contribution in [3.63, 3.8) is 0 Å². The number of alkyl halides is 3. The Morgan fingerprint density at radius 2 is 1.70 bits per heavy atom. The van der Waals surface area contributed by atoms with Crippen LogP contribution in [0, 0.1) is 18.8 Å². The normalized spacial score (nSPS) is 16.3. The SMILES string of the molecule is Cc1cc(COc2ccc(C(=O)N[C@@H]3CN(C(=O)C(C)C)C[C@@H]3C(=O)NO)cc2)c2ccccc2n1.O=C(O)C(F)(F)F. The second-order valence-electron chi connectivity index (χ2n) is 10.1. The van der Waals surface area contributed by atoms with E-state index in [4.69, 9.17) is 19.8 Å². The Labute approximate surface area is 244 Å². The fraction of sp³-hybridized carbons (Fsp3) is 0.345. The molecule has 43 heavy (non-hydrogen) atoms. The third-order valence-electron chi connectivity index (χ3n) is 6.57. The van der Waals surface area contributed by atoms with Gasteiger partial charge in [0.1, 0.15) is 12.4 Å². The molecule has 1 aliphatic heterocycles. The van der Waals surface area contributed by atoms with Crippen molar-refractivity contribution in [1.82, 2.24) is 20.7 Å². The van der Waals surface area contributed by atoms with E-state index in [1.54, 1.807) is 43.6 Å². The molecule has 1 aromatic heterocycles. The summed E-state index contributed by atoms with van der Waals surface area (Å²) in [6, 6.07) is 16.0. The van der Waals surface area contributed by atoms with Gasteiger partial charge in [0.25, 0.3) is 5.91 Å². The number of likely N-dealkylation sites (tertiary alicyclic amines) is 1. The topological polar surface area (TPSA) is 158 Å². The van der Waals surface area contributed by atoms with Gasteiger partial charge in [0, 0.05) is 41.2 Å². The molecule has 0 radical (unpaired) electrons. The van der Waals surface area contributed by atoms with Crippen molar-refractivity contribution in [1.29, 1.82) is 0 Å². The molecular formula is C29H31F3N4O7. The van der Waals surface area contributed by atoms with E-state index in [1.165, 1.54) is 4.90 Å². The summed E-state index contributed by atoms with van der Waals surface area (Å²) in [6.45, 7) is 6.18. The van der Waals surface area contributed by atoms with Gasteiger partial charge in [-0.05, 0) is 43.3 Å². The van der Waals surface area contributed by atoms with E-state index >= 15 is 0 Å². The van der Waals surface area contributed by atoms with Gasteiger partial charge in [-0.15, -0.1) is 0 Å². The minimum absolute atomic E-state index is 0.110. The first-order valence-electron chi connectivity index (χ1n) is 13.1. The number of nitrogens with zero attached hydrogens (tertiary/aromatic N) is 2. The van der Waals surface area contributed by atoms with Crippen LogP contribution in [0.25, 0.3) is 10.9 Å². The summed E-state index contributed by atoms with van der Waals surface area (Å²) in [5.41, 5.74) is 4.88. The van der Waals surface area contributed by atoms with Crippen LogP contribution in [0.4, 0.5) is 13.2 Å². The number of carbonyl (C=O) groups is 4. The number of pyridine rings is 1. The van der Waals surface area contributed by atoms with Crippen LogP contribution < -0.4 is 15.5 Å². The van der Waals surface area contributed by atoms with Gasteiger partial charge in [-0.2, -0.15) is 13.2 Å². The summed E-state index contributed by atoms with van der Waals surface area (Å²) in [5, 5.41) is 20.1. The van der Waals surface area contributed by atoms with Crippen LogP contribution in [0.5, 0.6) is 5.75 Å². The zero-order chi connectivity index (χ0) is 31.9. The third-order valence-corrected chi connectivity index (χ3v) is 6.57. The summed E-state index contributed by atoms with van der Waals surface area (Å²) in [5.74, 6) is -4.26. The summed E-state index contributed by atoms with van der Waals surface area (Å²) in [7, 11) is 0. The molecule has 1 fully saturated rings. The number of ether oxygens (including phenoxy) is 1. The number of fused-ring (bicyclic) bond motifs is 1. The molecule has 4 N–H and O–H groups in total. The Bertz CT molecular complexity index is 1480. The average molecular weight is 605 g/mol. The van der Waals surface area contributed by atoms with E-state index in [0.717, 1.165) is 22.2 Å². The summed E-state index contributed by atoms with van der Waals surface area (Å²) in [6.07, 6.45) is -5.08. The third kappa shape index (κ3) is 8.64. The molecule has 0 unspecified atom stereocenters. The number of carboxylic acid groups (broad SMARTS) is 1. The highest BCUT2D eigenvalue weighted by Crippen LogP contribution is 2.23.